The summed E-state index contributed by atoms with van der Waals surface area (Å²) >= 11 is 0. The Hall–Kier alpha value is -3.60. The van der Waals surface area contributed by atoms with Crippen LogP contribution in [0.3, 0.4) is 0 Å². The second-order valence-corrected chi connectivity index (χ2v) is 8.21. The van der Waals surface area contributed by atoms with E-state index in [2.05, 4.69) is 41.4 Å². The first-order valence-electron chi connectivity index (χ1n) is 10.4. The van der Waals surface area contributed by atoms with Crippen LogP contribution in [0.5, 0.6) is 0 Å². The highest BCUT2D eigenvalue weighted by Crippen LogP contribution is 2.36. The van der Waals surface area contributed by atoms with Crippen LogP contribution in [0.25, 0.3) is 27.4 Å². The van der Waals surface area contributed by atoms with Crippen LogP contribution < -0.4 is 5.69 Å². The number of aromatic nitrogens is 2. The lowest BCUT2D eigenvalue weighted by molar-refractivity contribution is 0.0801. The Kier molecular flexibility index (Phi) is 3.72. The molecular formula is C25H21N3O2. The lowest BCUT2D eigenvalue weighted by atomic mass is 9.99. The molecule has 3 aromatic carbocycles. The fourth-order valence-corrected chi connectivity index (χ4v) is 4.55. The summed E-state index contributed by atoms with van der Waals surface area (Å²) in [7, 11) is 0. The number of nitrogens with zero attached hydrogens (tertiary/aromatic N) is 2. The summed E-state index contributed by atoms with van der Waals surface area (Å²) in [4.78, 5) is 30.2. The van der Waals surface area contributed by atoms with Gasteiger partial charge in [-0.25, -0.2) is 4.79 Å². The molecule has 0 bridgehead atoms. The van der Waals surface area contributed by atoms with Gasteiger partial charge in [0.05, 0.1) is 11.0 Å². The van der Waals surface area contributed by atoms with Gasteiger partial charge in [-0.05, 0) is 52.9 Å². The third kappa shape index (κ3) is 2.70. The molecule has 5 nitrogen and oxygen atoms in total. The molecule has 148 valence electrons. The smallest absolute Gasteiger partial charge is 0.326 e. The van der Waals surface area contributed by atoms with Gasteiger partial charge in [-0.15, -0.1) is 0 Å². The van der Waals surface area contributed by atoms with Crippen LogP contribution in [0.1, 0.15) is 34.8 Å². The van der Waals surface area contributed by atoms with E-state index in [0.717, 1.165) is 23.9 Å². The molecule has 1 N–H and O–H groups in total. The van der Waals surface area contributed by atoms with Gasteiger partial charge in [-0.3, -0.25) is 9.36 Å². The van der Waals surface area contributed by atoms with E-state index in [1.807, 2.05) is 39.8 Å². The number of hydrogen-bond acceptors (Lipinski definition) is 2. The third-order valence-electron chi connectivity index (χ3n) is 6.22. The minimum atomic E-state index is -0.0850. The zero-order valence-electron chi connectivity index (χ0n) is 16.5. The molecule has 1 fully saturated rings. The number of benzene rings is 3. The van der Waals surface area contributed by atoms with Crippen molar-refractivity contribution in [1.82, 2.24) is 14.5 Å². The van der Waals surface area contributed by atoms with Gasteiger partial charge in [0.2, 0.25) is 0 Å². The second kappa shape index (κ2) is 6.46. The van der Waals surface area contributed by atoms with Crippen LogP contribution in [0.2, 0.25) is 0 Å². The molecule has 2 heterocycles. The minimum absolute atomic E-state index is 0.0107. The highest BCUT2D eigenvalue weighted by molar-refractivity contribution is 6.00. The van der Waals surface area contributed by atoms with Crippen molar-refractivity contribution in [2.24, 2.45) is 0 Å². The monoisotopic (exact) mass is 395 g/mol. The number of aromatic amines is 1. The molecule has 30 heavy (non-hydrogen) atoms. The van der Waals surface area contributed by atoms with Gasteiger partial charge in [0, 0.05) is 24.7 Å². The summed E-state index contributed by atoms with van der Waals surface area (Å²) in [5.74, 6) is -0.0107. The largest absolute Gasteiger partial charge is 0.331 e. The maximum absolute atomic E-state index is 13.2. The summed E-state index contributed by atoms with van der Waals surface area (Å²) in [5.41, 5.74) is 4.51. The summed E-state index contributed by atoms with van der Waals surface area (Å²) < 4.78 is 1.82. The van der Waals surface area contributed by atoms with Gasteiger partial charge in [0.25, 0.3) is 5.91 Å². The molecule has 1 amide bonds. The first kappa shape index (κ1) is 17.3. The van der Waals surface area contributed by atoms with E-state index in [0.29, 0.717) is 24.7 Å². The molecule has 1 aliphatic carbocycles. The molecule has 0 radical (unpaired) electrons. The van der Waals surface area contributed by atoms with Crippen LogP contribution >= 0.6 is 0 Å². The lowest BCUT2D eigenvalue weighted by Gasteiger charge is -2.17. The van der Waals surface area contributed by atoms with Gasteiger partial charge in [-0.1, -0.05) is 48.5 Å². The van der Waals surface area contributed by atoms with E-state index in [1.165, 1.54) is 21.9 Å². The van der Waals surface area contributed by atoms with E-state index in [-0.39, 0.29) is 11.6 Å². The number of amides is 1. The van der Waals surface area contributed by atoms with E-state index in [1.54, 1.807) is 0 Å². The summed E-state index contributed by atoms with van der Waals surface area (Å²) in [6.07, 6.45) is 4.23. The van der Waals surface area contributed by atoms with Gasteiger partial charge >= 0.3 is 5.69 Å². The summed E-state index contributed by atoms with van der Waals surface area (Å²) in [6.45, 7) is 1.18. The van der Waals surface area contributed by atoms with Crippen LogP contribution in [0.4, 0.5) is 0 Å². The van der Waals surface area contributed by atoms with Crippen molar-refractivity contribution in [3.8, 4) is 0 Å². The number of nitrogens with one attached hydrogen (secondary N) is 1. The highest BCUT2D eigenvalue weighted by Gasteiger charge is 2.28. The van der Waals surface area contributed by atoms with Gasteiger partial charge in [0.15, 0.2) is 0 Å². The molecule has 0 spiro atoms. The van der Waals surface area contributed by atoms with E-state index in [9.17, 15) is 9.59 Å². The minimum Gasteiger partial charge on any atom is -0.331 e. The Morgan fingerprint density at radius 2 is 1.83 bits per heavy atom. The van der Waals surface area contributed by atoms with E-state index in [4.69, 9.17) is 0 Å². The molecule has 4 aromatic rings. The number of H-pyrrole nitrogens is 1. The van der Waals surface area contributed by atoms with Gasteiger partial charge < -0.3 is 9.88 Å². The maximum atomic E-state index is 13.2. The van der Waals surface area contributed by atoms with Crippen molar-refractivity contribution in [2.75, 3.05) is 13.1 Å². The number of imidazole rings is 1. The molecule has 0 saturated heterocycles. The number of fused-ring (bicyclic) bond motifs is 2. The van der Waals surface area contributed by atoms with Crippen molar-refractivity contribution in [2.45, 2.75) is 18.9 Å². The maximum Gasteiger partial charge on any atom is 0.326 e. The predicted octanol–water partition coefficient (Wildman–Crippen LogP) is 4.36. The molecule has 0 unspecified atom stereocenters. The first-order chi connectivity index (χ1) is 14.7. The zero-order chi connectivity index (χ0) is 20.2. The zero-order valence-corrected chi connectivity index (χ0v) is 16.5. The van der Waals surface area contributed by atoms with E-state index >= 15 is 0 Å². The lowest BCUT2D eigenvalue weighted by Crippen LogP contribution is -2.28. The van der Waals surface area contributed by atoms with Crippen LogP contribution in [-0.4, -0.2) is 33.4 Å². The standard InChI is InChI=1S/C25H21N3O2/c29-24(17-8-11-23-22(14-17)26-25(30)28(23)19-9-10-19)27-13-12-18(15-27)21-7-3-5-16-4-1-2-6-20(16)21/h1-8,11-12,14,19H,9-10,13,15H2,(H,26,30). The number of hydrogen-bond donors (Lipinski definition) is 1. The molecular weight excluding hydrogens is 374 g/mol. The highest BCUT2D eigenvalue weighted by atomic mass is 16.2. The molecule has 2 aliphatic rings. The Morgan fingerprint density at radius 1 is 1.00 bits per heavy atom. The SMILES string of the molecule is O=C(c1ccc2c(c1)[nH]c(=O)n2C1CC1)N1CC=C(c2cccc3ccccc23)C1. The van der Waals surface area contributed by atoms with Crippen LogP contribution in [0.15, 0.2) is 71.5 Å². The Morgan fingerprint density at radius 3 is 2.70 bits per heavy atom. The topological polar surface area (TPSA) is 58.1 Å². The quantitative estimate of drug-likeness (QED) is 0.560. The van der Waals surface area contributed by atoms with Gasteiger partial charge in [0.1, 0.15) is 0 Å². The number of rotatable bonds is 3. The molecule has 1 saturated carbocycles. The average molecular weight is 395 g/mol. The third-order valence-corrected chi connectivity index (χ3v) is 6.22. The fraction of sp³-hybridized carbons (Fsp3) is 0.200. The Labute approximate surface area is 173 Å². The van der Waals surface area contributed by atoms with Crippen LogP contribution in [0, 0.1) is 0 Å². The second-order valence-electron chi connectivity index (χ2n) is 8.21. The van der Waals surface area contributed by atoms with Crippen molar-refractivity contribution >= 4 is 33.3 Å². The van der Waals surface area contributed by atoms with Crippen molar-refractivity contribution in [1.29, 1.82) is 0 Å². The van der Waals surface area contributed by atoms with Crippen molar-refractivity contribution < 1.29 is 4.79 Å². The molecule has 6 rings (SSSR count). The Balaban J connectivity index is 1.28. The molecule has 5 heteroatoms. The van der Waals surface area contributed by atoms with E-state index < -0.39 is 0 Å². The predicted molar refractivity (Wildman–Crippen MR) is 119 cm³/mol. The summed E-state index contributed by atoms with van der Waals surface area (Å²) in [6, 6.07) is 20.5. The van der Waals surface area contributed by atoms with Crippen molar-refractivity contribution in [3.05, 3.63) is 88.4 Å². The normalized spacial score (nSPS) is 16.4. The summed E-state index contributed by atoms with van der Waals surface area (Å²) in [5, 5.41) is 2.41. The number of carbonyl (C=O) groups excluding carboxylic acids is 1. The molecule has 1 aromatic heterocycles. The fourth-order valence-electron chi connectivity index (χ4n) is 4.55. The Bertz CT molecular complexity index is 1400. The van der Waals surface area contributed by atoms with Crippen LogP contribution in [-0.2, 0) is 0 Å². The average Bonchev–Trinajstić information content (AvgIpc) is 3.38. The van der Waals surface area contributed by atoms with Gasteiger partial charge in [-0.2, -0.15) is 0 Å². The molecule has 1 aliphatic heterocycles. The number of carbonyl (C=O) groups is 1. The first-order valence-corrected chi connectivity index (χ1v) is 10.4. The van der Waals surface area contributed by atoms with Crippen molar-refractivity contribution in [3.63, 3.8) is 0 Å². The molecule has 0 atom stereocenters.